The molecule has 4 heteroatoms. The summed E-state index contributed by atoms with van der Waals surface area (Å²) in [5, 5.41) is 3.27. The summed E-state index contributed by atoms with van der Waals surface area (Å²) in [6.45, 7) is 0.577. The maximum Gasteiger partial charge on any atom is 0.137 e. The molecule has 1 nitrogen and oxygen atoms in total. The van der Waals surface area contributed by atoms with Gasteiger partial charge in [-0.1, -0.05) is 24.3 Å². The van der Waals surface area contributed by atoms with Gasteiger partial charge in [-0.05, 0) is 51.7 Å². The van der Waals surface area contributed by atoms with Gasteiger partial charge in [0.05, 0.1) is 4.47 Å². The molecule has 0 aliphatic rings. The molecule has 100 valence electrons. The maximum atomic E-state index is 13.4. The van der Waals surface area contributed by atoms with E-state index in [4.69, 9.17) is 11.6 Å². The number of nitrogens with one attached hydrogen (secondary N) is 1. The van der Waals surface area contributed by atoms with Crippen LogP contribution >= 0.6 is 27.5 Å². The third kappa shape index (κ3) is 3.95. The van der Waals surface area contributed by atoms with Crippen molar-refractivity contribution in [3.8, 4) is 0 Å². The first kappa shape index (κ1) is 14.4. The molecule has 0 aromatic heterocycles. The first-order valence-electron chi connectivity index (χ1n) is 6.02. The number of hydrogen-bond donors (Lipinski definition) is 1. The molecule has 2 rings (SSSR count). The molecule has 0 radical (unpaired) electrons. The molecule has 0 unspecified atom stereocenters. The van der Waals surface area contributed by atoms with Crippen molar-refractivity contribution in [1.82, 2.24) is 0 Å². The van der Waals surface area contributed by atoms with Crippen molar-refractivity contribution in [2.45, 2.75) is 13.0 Å². The summed E-state index contributed by atoms with van der Waals surface area (Å²) in [6, 6.07) is 13.2. The zero-order valence-electron chi connectivity index (χ0n) is 10.3. The molecule has 0 saturated carbocycles. The summed E-state index contributed by atoms with van der Waals surface area (Å²) < 4.78 is 13.9. The molecular weight excluding hydrogens is 329 g/mol. The van der Waals surface area contributed by atoms with Gasteiger partial charge in [-0.25, -0.2) is 4.39 Å². The minimum atomic E-state index is -0.239. The highest BCUT2D eigenvalue weighted by atomic mass is 79.9. The average Bonchev–Trinajstić information content (AvgIpc) is 2.42. The van der Waals surface area contributed by atoms with Crippen LogP contribution in [0.2, 0.25) is 0 Å². The van der Waals surface area contributed by atoms with Crippen LogP contribution in [0.4, 0.5) is 10.1 Å². The van der Waals surface area contributed by atoms with Crippen LogP contribution in [0.3, 0.4) is 0 Å². The number of halogens is 3. The quantitative estimate of drug-likeness (QED) is 0.756. The van der Waals surface area contributed by atoms with Crippen molar-refractivity contribution in [2.24, 2.45) is 0 Å². The number of rotatable bonds is 5. The summed E-state index contributed by atoms with van der Waals surface area (Å²) in [6.07, 6.45) is 0.872. The molecule has 0 heterocycles. The molecule has 0 fully saturated rings. The third-order valence-corrected chi connectivity index (χ3v) is 3.93. The van der Waals surface area contributed by atoms with Crippen LogP contribution in [0, 0.1) is 5.82 Å². The zero-order chi connectivity index (χ0) is 13.7. The van der Waals surface area contributed by atoms with Crippen LogP contribution in [0.15, 0.2) is 46.9 Å². The van der Waals surface area contributed by atoms with Crippen LogP contribution in [0.5, 0.6) is 0 Å². The van der Waals surface area contributed by atoms with Crippen molar-refractivity contribution < 1.29 is 4.39 Å². The minimum absolute atomic E-state index is 0.239. The Hall–Kier alpha value is -1.06. The lowest BCUT2D eigenvalue weighted by Crippen LogP contribution is -2.01. The van der Waals surface area contributed by atoms with E-state index in [2.05, 4.69) is 21.2 Å². The lowest BCUT2D eigenvalue weighted by Gasteiger charge is -2.09. The summed E-state index contributed by atoms with van der Waals surface area (Å²) in [5.74, 6) is 0.389. The highest BCUT2D eigenvalue weighted by Gasteiger charge is 2.04. The van der Waals surface area contributed by atoms with Gasteiger partial charge < -0.3 is 5.32 Å². The topological polar surface area (TPSA) is 12.0 Å². The molecule has 19 heavy (non-hydrogen) atoms. The van der Waals surface area contributed by atoms with E-state index in [9.17, 15) is 4.39 Å². The largest absolute Gasteiger partial charge is 0.381 e. The van der Waals surface area contributed by atoms with Gasteiger partial charge in [-0.3, -0.25) is 0 Å². The van der Waals surface area contributed by atoms with E-state index in [0.29, 0.717) is 16.9 Å². The van der Waals surface area contributed by atoms with E-state index in [1.54, 1.807) is 6.07 Å². The predicted octanol–water partition coefficient (Wildman–Crippen LogP) is 4.98. The standard InChI is InChI=1S/C15H14BrClFN/c16-15-12(2-1-3-14(15)18)10-19-13-6-4-11(5-7-13)8-9-17/h1-7,19H,8-10H2. The van der Waals surface area contributed by atoms with Gasteiger partial charge in [0, 0.05) is 18.1 Å². The van der Waals surface area contributed by atoms with E-state index in [-0.39, 0.29) is 5.82 Å². The van der Waals surface area contributed by atoms with Crippen LogP contribution < -0.4 is 5.32 Å². The summed E-state index contributed by atoms with van der Waals surface area (Å²) in [7, 11) is 0. The van der Waals surface area contributed by atoms with E-state index >= 15 is 0 Å². The van der Waals surface area contributed by atoms with Gasteiger partial charge in [-0.15, -0.1) is 11.6 Å². The van der Waals surface area contributed by atoms with Crippen molar-refractivity contribution in [3.05, 3.63) is 63.9 Å². The Morgan fingerprint density at radius 2 is 1.84 bits per heavy atom. The lowest BCUT2D eigenvalue weighted by atomic mass is 10.1. The Balaban J connectivity index is 2.00. The van der Waals surface area contributed by atoms with Crippen molar-refractivity contribution >= 4 is 33.2 Å². The Kier molecular flexibility index (Phi) is 5.23. The van der Waals surface area contributed by atoms with E-state index in [1.165, 1.54) is 11.6 Å². The van der Waals surface area contributed by atoms with Gasteiger partial charge in [0.25, 0.3) is 0 Å². The Bertz CT molecular complexity index is 542. The minimum Gasteiger partial charge on any atom is -0.381 e. The molecule has 0 aliphatic carbocycles. The van der Waals surface area contributed by atoms with E-state index in [0.717, 1.165) is 17.7 Å². The Labute approximate surface area is 125 Å². The molecule has 0 amide bonds. The number of aryl methyl sites for hydroxylation is 1. The number of anilines is 1. The normalized spacial score (nSPS) is 10.5. The third-order valence-electron chi connectivity index (χ3n) is 2.85. The Morgan fingerprint density at radius 1 is 1.11 bits per heavy atom. The first-order chi connectivity index (χ1) is 9.20. The fourth-order valence-corrected chi connectivity index (χ4v) is 2.40. The molecule has 0 atom stereocenters. The molecular formula is C15H14BrClFN. The van der Waals surface area contributed by atoms with E-state index in [1.807, 2.05) is 30.3 Å². The van der Waals surface area contributed by atoms with Gasteiger partial charge in [-0.2, -0.15) is 0 Å². The zero-order valence-corrected chi connectivity index (χ0v) is 12.6. The van der Waals surface area contributed by atoms with Crippen LogP contribution in [-0.4, -0.2) is 5.88 Å². The van der Waals surface area contributed by atoms with Crippen LogP contribution in [0.1, 0.15) is 11.1 Å². The first-order valence-corrected chi connectivity index (χ1v) is 7.35. The summed E-state index contributed by atoms with van der Waals surface area (Å²) >= 11 is 8.95. The number of alkyl halides is 1. The number of hydrogen-bond acceptors (Lipinski definition) is 1. The monoisotopic (exact) mass is 341 g/mol. The molecule has 2 aromatic rings. The predicted molar refractivity (Wildman–Crippen MR) is 82.3 cm³/mol. The van der Waals surface area contributed by atoms with Gasteiger partial charge in [0.15, 0.2) is 0 Å². The van der Waals surface area contributed by atoms with Crippen LogP contribution in [0.25, 0.3) is 0 Å². The van der Waals surface area contributed by atoms with Gasteiger partial charge >= 0.3 is 0 Å². The fourth-order valence-electron chi connectivity index (χ4n) is 1.78. The van der Waals surface area contributed by atoms with Crippen molar-refractivity contribution in [3.63, 3.8) is 0 Å². The van der Waals surface area contributed by atoms with Gasteiger partial charge in [0.2, 0.25) is 0 Å². The highest BCUT2D eigenvalue weighted by molar-refractivity contribution is 9.10. The van der Waals surface area contributed by atoms with Crippen LogP contribution in [-0.2, 0) is 13.0 Å². The molecule has 0 aliphatic heterocycles. The summed E-state index contributed by atoms with van der Waals surface area (Å²) in [4.78, 5) is 0. The molecule has 0 saturated heterocycles. The SMILES string of the molecule is Fc1cccc(CNc2ccc(CCCl)cc2)c1Br. The van der Waals surface area contributed by atoms with Crippen molar-refractivity contribution in [2.75, 3.05) is 11.2 Å². The number of benzene rings is 2. The van der Waals surface area contributed by atoms with Gasteiger partial charge in [0.1, 0.15) is 5.82 Å². The fraction of sp³-hybridized carbons (Fsp3) is 0.200. The maximum absolute atomic E-state index is 13.4. The Morgan fingerprint density at radius 3 is 2.53 bits per heavy atom. The lowest BCUT2D eigenvalue weighted by molar-refractivity contribution is 0.618. The highest BCUT2D eigenvalue weighted by Crippen LogP contribution is 2.21. The second kappa shape index (κ2) is 6.92. The molecule has 2 aromatic carbocycles. The second-order valence-electron chi connectivity index (χ2n) is 4.20. The summed E-state index contributed by atoms with van der Waals surface area (Å²) in [5.41, 5.74) is 3.12. The smallest absolute Gasteiger partial charge is 0.137 e. The van der Waals surface area contributed by atoms with Crippen molar-refractivity contribution in [1.29, 1.82) is 0 Å². The average molecular weight is 343 g/mol. The second-order valence-corrected chi connectivity index (χ2v) is 5.37. The molecule has 0 spiro atoms. The molecule has 1 N–H and O–H groups in total. The molecule has 0 bridgehead atoms. The van der Waals surface area contributed by atoms with E-state index < -0.39 is 0 Å².